The van der Waals surface area contributed by atoms with Crippen molar-refractivity contribution in [1.29, 1.82) is 0 Å². The van der Waals surface area contributed by atoms with Gasteiger partial charge in [0, 0.05) is 29.6 Å². The number of benzene rings is 3. The van der Waals surface area contributed by atoms with Gasteiger partial charge in [-0.1, -0.05) is 70.7 Å². The molecule has 3 aromatic carbocycles. The van der Waals surface area contributed by atoms with E-state index >= 15 is 0 Å². The van der Waals surface area contributed by atoms with Crippen molar-refractivity contribution >= 4 is 75.9 Å². The predicted octanol–water partition coefficient (Wildman–Crippen LogP) is 7.71. The van der Waals surface area contributed by atoms with Crippen LogP contribution in [-0.2, 0) is 0 Å². The van der Waals surface area contributed by atoms with Gasteiger partial charge >= 0.3 is 0 Å². The summed E-state index contributed by atoms with van der Waals surface area (Å²) in [5.74, 6) is 0. The van der Waals surface area contributed by atoms with Gasteiger partial charge in [-0.3, -0.25) is 15.1 Å². The first-order valence-electron chi connectivity index (χ1n) is 8.11. The van der Waals surface area contributed by atoms with Crippen LogP contribution < -0.4 is 0 Å². The van der Waals surface area contributed by atoms with E-state index in [1.165, 1.54) is 24.6 Å². The lowest BCUT2D eigenvalue weighted by atomic mass is 10.2. The zero-order chi connectivity index (χ0) is 21.0. The number of aliphatic imine (C=N–C) groups is 2. The van der Waals surface area contributed by atoms with E-state index in [-0.39, 0.29) is 11.4 Å². The highest BCUT2D eigenvalue weighted by atomic mass is 35.5. The zero-order valence-electron chi connectivity index (χ0n) is 14.5. The Kier molecular flexibility index (Phi) is 6.87. The van der Waals surface area contributed by atoms with E-state index in [0.29, 0.717) is 36.9 Å². The highest BCUT2D eigenvalue weighted by Crippen LogP contribution is 2.33. The van der Waals surface area contributed by atoms with Crippen molar-refractivity contribution < 1.29 is 4.92 Å². The Morgan fingerprint density at radius 2 is 1.34 bits per heavy atom. The molecule has 9 heteroatoms. The average Bonchev–Trinajstić information content (AvgIpc) is 2.70. The molecule has 0 fully saturated rings. The minimum atomic E-state index is -0.530. The molecule has 0 bridgehead atoms. The Morgan fingerprint density at radius 3 is 1.90 bits per heavy atom. The smallest absolute Gasteiger partial charge is 0.258 e. The molecule has 5 nitrogen and oxygen atoms in total. The molecular weight excluding hydrogens is 456 g/mol. The predicted molar refractivity (Wildman–Crippen MR) is 121 cm³/mol. The Morgan fingerprint density at radius 1 is 0.793 bits per heavy atom. The SMILES string of the molecule is O=[N+]([O-])c1cc(N=Cc2cccc(Cl)c2Cl)ccc1N=Cc1cccc(Cl)c1Cl. The summed E-state index contributed by atoms with van der Waals surface area (Å²) in [6, 6.07) is 14.6. The molecule has 0 aliphatic heterocycles. The van der Waals surface area contributed by atoms with Gasteiger partial charge in [0.15, 0.2) is 0 Å². The van der Waals surface area contributed by atoms with Crippen molar-refractivity contribution in [3.8, 4) is 0 Å². The third-order valence-electron chi connectivity index (χ3n) is 3.81. The normalized spacial score (nSPS) is 11.4. The average molecular weight is 467 g/mol. The van der Waals surface area contributed by atoms with Crippen molar-refractivity contribution in [3.05, 3.63) is 95.9 Å². The number of nitro groups is 1. The van der Waals surface area contributed by atoms with E-state index in [4.69, 9.17) is 46.4 Å². The summed E-state index contributed by atoms with van der Waals surface area (Å²) in [6.07, 6.45) is 2.91. The van der Waals surface area contributed by atoms with Crippen molar-refractivity contribution in [1.82, 2.24) is 0 Å². The lowest BCUT2D eigenvalue weighted by molar-refractivity contribution is -0.384. The molecule has 0 aromatic heterocycles. The molecule has 0 aliphatic carbocycles. The second-order valence-corrected chi connectivity index (χ2v) is 7.30. The van der Waals surface area contributed by atoms with Crippen LogP contribution in [0.2, 0.25) is 20.1 Å². The molecule has 3 rings (SSSR count). The molecule has 0 N–H and O–H groups in total. The molecule has 0 spiro atoms. The van der Waals surface area contributed by atoms with E-state index < -0.39 is 4.92 Å². The van der Waals surface area contributed by atoms with Gasteiger partial charge in [0.1, 0.15) is 5.69 Å². The minimum absolute atomic E-state index is 0.158. The van der Waals surface area contributed by atoms with Crippen LogP contribution in [0.3, 0.4) is 0 Å². The Balaban J connectivity index is 1.92. The molecule has 0 radical (unpaired) electrons. The number of nitrogens with zero attached hydrogens (tertiary/aromatic N) is 3. The minimum Gasteiger partial charge on any atom is -0.258 e. The van der Waals surface area contributed by atoms with Gasteiger partial charge in [-0.25, -0.2) is 4.99 Å². The fourth-order valence-electron chi connectivity index (χ4n) is 2.37. The zero-order valence-corrected chi connectivity index (χ0v) is 17.5. The largest absolute Gasteiger partial charge is 0.296 e. The van der Waals surface area contributed by atoms with Gasteiger partial charge in [-0.05, 0) is 24.3 Å². The molecule has 0 aliphatic rings. The summed E-state index contributed by atoms with van der Waals surface area (Å²) >= 11 is 24.2. The van der Waals surface area contributed by atoms with Crippen LogP contribution in [0.4, 0.5) is 17.1 Å². The molecule has 0 amide bonds. The van der Waals surface area contributed by atoms with Crippen molar-refractivity contribution in [2.24, 2.45) is 9.98 Å². The van der Waals surface area contributed by atoms with E-state index in [1.807, 2.05) is 0 Å². The standard InChI is InChI=1S/C20H11Cl4N3O2/c21-15-5-1-3-12(19(15)23)10-25-14-7-8-17(18(9-14)27(28)29)26-11-13-4-2-6-16(22)20(13)24/h1-11H. The maximum Gasteiger partial charge on any atom is 0.296 e. The first-order chi connectivity index (χ1) is 13.9. The molecule has 3 aromatic rings. The lowest BCUT2D eigenvalue weighted by Crippen LogP contribution is -1.90. The third-order valence-corrected chi connectivity index (χ3v) is 5.48. The molecular formula is C20H11Cl4N3O2. The lowest BCUT2D eigenvalue weighted by Gasteiger charge is -2.02. The molecule has 0 heterocycles. The summed E-state index contributed by atoms with van der Waals surface area (Å²) in [6.45, 7) is 0. The molecule has 0 atom stereocenters. The van der Waals surface area contributed by atoms with E-state index in [9.17, 15) is 10.1 Å². The summed E-state index contributed by atoms with van der Waals surface area (Å²) in [5.41, 5.74) is 1.47. The van der Waals surface area contributed by atoms with E-state index in [1.54, 1.807) is 42.5 Å². The third kappa shape index (κ3) is 5.14. The first kappa shape index (κ1) is 21.3. The van der Waals surface area contributed by atoms with Crippen molar-refractivity contribution in [2.75, 3.05) is 0 Å². The molecule has 0 saturated heterocycles. The maximum absolute atomic E-state index is 11.5. The quantitative estimate of drug-likeness (QED) is 0.219. The fraction of sp³-hybridized carbons (Fsp3) is 0. The van der Waals surface area contributed by atoms with Crippen LogP contribution in [0, 0.1) is 10.1 Å². The van der Waals surface area contributed by atoms with Crippen LogP contribution in [0.5, 0.6) is 0 Å². The van der Waals surface area contributed by atoms with E-state index in [0.717, 1.165) is 0 Å². The van der Waals surface area contributed by atoms with Gasteiger partial charge in [0.05, 0.1) is 30.7 Å². The molecule has 0 unspecified atom stereocenters. The van der Waals surface area contributed by atoms with Gasteiger partial charge in [0.25, 0.3) is 5.69 Å². The number of rotatable bonds is 5. The Hall–Kier alpha value is -2.44. The second-order valence-electron chi connectivity index (χ2n) is 5.73. The Labute approximate surface area is 186 Å². The highest BCUT2D eigenvalue weighted by Gasteiger charge is 2.14. The summed E-state index contributed by atoms with van der Waals surface area (Å²) in [5, 5.41) is 12.9. The van der Waals surface area contributed by atoms with Crippen LogP contribution in [0.25, 0.3) is 0 Å². The maximum atomic E-state index is 11.5. The fourth-order valence-corrected chi connectivity index (χ4v) is 3.08. The van der Waals surface area contributed by atoms with Crippen molar-refractivity contribution in [3.63, 3.8) is 0 Å². The number of nitro benzene ring substituents is 1. The van der Waals surface area contributed by atoms with Gasteiger partial charge in [-0.2, -0.15) is 0 Å². The van der Waals surface area contributed by atoms with Crippen LogP contribution in [0.15, 0.2) is 64.6 Å². The summed E-state index contributed by atoms with van der Waals surface area (Å²) in [7, 11) is 0. The molecule has 146 valence electrons. The highest BCUT2D eigenvalue weighted by molar-refractivity contribution is 6.44. The summed E-state index contributed by atoms with van der Waals surface area (Å²) in [4.78, 5) is 19.4. The number of hydrogen-bond acceptors (Lipinski definition) is 4. The molecule has 0 saturated carbocycles. The number of hydrogen-bond donors (Lipinski definition) is 0. The van der Waals surface area contributed by atoms with Gasteiger partial charge in [0.2, 0.25) is 0 Å². The van der Waals surface area contributed by atoms with Crippen LogP contribution in [-0.4, -0.2) is 17.4 Å². The van der Waals surface area contributed by atoms with Gasteiger partial charge in [-0.15, -0.1) is 0 Å². The first-order valence-corrected chi connectivity index (χ1v) is 9.62. The second kappa shape index (κ2) is 9.37. The molecule has 29 heavy (non-hydrogen) atoms. The van der Waals surface area contributed by atoms with E-state index in [2.05, 4.69) is 9.98 Å². The Bertz CT molecular complexity index is 1150. The monoisotopic (exact) mass is 465 g/mol. The summed E-state index contributed by atoms with van der Waals surface area (Å²) < 4.78 is 0. The van der Waals surface area contributed by atoms with Crippen molar-refractivity contribution in [2.45, 2.75) is 0 Å². The van der Waals surface area contributed by atoms with Crippen LogP contribution in [0.1, 0.15) is 11.1 Å². The van der Waals surface area contributed by atoms with Gasteiger partial charge < -0.3 is 0 Å². The topological polar surface area (TPSA) is 67.9 Å². The number of halogens is 4. The van der Waals surface area contributed by atoms with Crippen LogP contribution >= 0.6 is 46.4 Å².